The average Bonchev–Trinajstić information content (AvgIpc) is 3.08. The van der Waals surface area contributed by atoms with Crippen LogP contribution in [-0.4, -0.2) is 24.3 Å². The number of benzene rings is 2. The van der Waals surface area contributed by atoms with Crippen molar-refractivity contribution in [1.29, 1.82) is 0 Å². The third kappa shape index (κ3) is 4.13. The summed E-state index contributed by atoms with van der Waals surface area (Å²) in [5.74, 6) is 0.210. The predicted molar refractivity (Wildman–Crippen MR) is 125 cm³/mol. The molecule has 0 spiro atoms. The molecule has 8 heteroatoms. The molecule has 0 saturated carbocycles. The van der Waals surface area contributed by atoms with Gasteiger partial charge in [0.05, 0.1) is 35.6 Å². The van der Waals surface area contributed by atoms with Crippen LogP contribution in [0.2, 0.25) is 5.02 Å². The molecule has 2 aromatic carbocycles. The molecule has 32 heavy (non-hydrogen) atoms. The smallest absolute Gasteiger partial charge is 0.338 e. The topological polar surface area (TPSA) is 69.9 Å². The molecule has 6 nitrogen and oxygen atoms in total. The SMILES string of the molecule is CCOC(=O)C1=C(C)N=c2s/c(=C/c3cccc(OC)c3)c(=O)n2[C@@H]1c1ccc(Cl)cc1. The highest BCUT2D eigenvalue weighted by Crippen LogP contribution is 2.31. The minimum Gasteiger partial charge on any atom is -0.497 e. The number of carbonyl (C=O) groups is 1. The zero-order valence-electron chi connectivity index (χ0n) is 17.8. The number of hydrogen-bond acceptors (Lipinski definition) is 6. The van der Waals surface area contributed by atoms with E-state index < -0.39 is 12.0 Å². The highest BCUT2D eigenvalue weighted by Gasteiger charge is 2.33. The maximum Gasteiger partial charge on any atom is 0.338 e. The lowest BCUT2D eigenvalue weighted by Gasteiger charge is -2.24. The van der Waals surface area contributed by atoms with Gasteiger partial charge in [0, 0.05) is 5.02 Å². The molecule has 2 heterocycles. The van der Waals surface area contributed by atoms with Crippen molar-refractivity contribution >= 4 is 35.0 Å². The van der Waals surface area contributed by atoms with Crippen LogP contribution in [-0.2, 0) is 9.53 Å². The number of carbonyl (C=O) groups excluding carboxylic acids is 1. The maximum absolute atomic E-state index is 13.5. The summed E-state index contributed by atoms with van der Waals surface area (Å²) in [6.45, 7) is 3.73. The van der Waals surface area contributed by atoms with Crippen LogP contribution in [0.25, 0.3) is 6.08 Å². The fourth-order valence-corrected chi connectivity index (χ4v) is 4.81. The highest BCUT2D eigenvalue weighted by molar-refractivity contribution is 7.07. The quantitative estimate of drug-likeness (QED) is 0.538. The summed E-state index contributed by atoms with van der Waals surface area (Å²) in [7, 11) is 1.60. The van der Waals surface area contributed by atoms with E-state index in [1.807, 2.05) is 36.4 Å². The number of rotatable bonds is 5. The third-order valence-corrected chi connectivity index (χ3v) is 6.33. The van der Waals surface area contributed by atoms with Gasteiger partial charge in [0.2, 0.25) is 0 Å². The standard InChI is InChI=1S/C24H21ClN2O4S/c1-4-31-23(29)20-14(2)26-24-27(21(20)16-8-10-17(25)11-9-16)22(28)19(32-24)13-15-6-5-7-18(12-15)30-3/h5-13,21H,4H2,1-3H3/b19-13+/t21-/m1/s1. The minimum atomic E-state index is -0.657. The number of fused-ring (bicyclic) bond motifs is 1. The number of halogens is 1. The third-order valence-electron chi connectivity index (χ3n) is 5.09. The van der Waals surface area contributed by atoms with Crippen molar-refractivity contribution in [3.05, 3.63) is 95.6 Å². The van der Waals surface area contributed by atoms with Gasteiger partial charge in [-0.15, -0.1) is 0 Å². The first kappa shape index (κ1) is 22.0. The Bertz CT molecular complexity index is 1390. The molecule has 0 radical (unpaired) electrons. The van der Waals surface area contributed by atoms with Crippen LogP contribution in [0, 0.1) is 0 Å². The van der Waals surface area contributed by atoms with Crippen molar-refractivity contribution in [2.45, 2.75) is 19.9 Å². The van der Waals surface area contributed by atoms with E-state index in [1.165, 1.54) is 11.3 Å². The van der Waals surface area contributed by atoms with E-state index in [2.05, 4.69) is 4.99 Å². The van der Waals surface area contributed by atoms with E-state index in [-0.39, 0.29) is 12.2 Å². The molecular weight excluding hydrogens is 448 g/mol. The zero-order valence-corrected chi connectivity index (χ0v) is 19.4. The summed E-state index contributed by atoms with van der Waals surface area (Å²) in [6.07, 6.45) is 1.80. The van der Waals surface area contributed by atoms with Crippen LogP contribution in [0.15, 0.2) is 69.6 Å². The number of esters is 1. The lowest BCUT2D eigenvalue weighted by atomic mass is 9.96. The molecule has 1 aliphatic heterocycles. The Morgan fingerprint density at radius 2 is 2.00 bits per heavy atom. The van der Waals surface area contributed by atoms with Gasteiger partial charge in [-0.25, -0.2) is 9.79 Å². The molecule has 0 unspecified atom stereocenters. The molecule has 0 fully saturated rings. The van der Waals surface area contributed by atoms with Gasteiger partial charge in [0.1, 0.15) is 5.75 Å². The monoisotopic (exact) mass is 468 g/mol. The fraction of sp³-hybridized carbons (Fsp3) is 0.208. The summed E-state index contributed by atoms with van der Waals surface area (Å²) >= 11 is 7.35. The lowest BCUT2D eigenvalue weighted by molar-refractivity contribution is -0.139. The lowest BCUT2D eigenvalue weighted by Crippen LogP contribution is -2.39. The van der Waals surface area contributed by atoms with Crippen LogP contribution >= 0.6 is 22.9 Å². The number of methoxy groups -OCH3 is 1. The molecule has 0 N–H and O–H groups in total. The van der Waals surface area contributed by atoms with E-state index in [4.69, 9.17) is 21.1 Å². The molecule has 0 saturated heterocycles. The van der Waals surface area contributed by atoms with Crippen molar-refractivity contribution in [2.24, 2.45) is 4.99 Å². The molecule has 0 aliphatic carbocycles. The number of thiazole rings is 1. The molecule has 164 valence electrons. The van der Waals surface area contributed by atoms with Gasteiger partial charge in [-0.2, -0.15) is 0 Å². The van der Waals surface area contributed by atoms with Gasteiger partial charge in [-0.3, -0.25) is 9.36 Å². The summed E-state index contributed by atoms with van der Waals surface area (Å²) in [6, 6.07) is 13.9. The average molecular weight is 469 g/mol. The van der Waals surface area contributed by atoms with Crippen LogP contribution in [0.1, 0.15) is 31.0 Å². The zero-order chi connectivity index (χ0) is 22.8. The second kappa shape index (κ2) is 9.14. The normalized spacial score (nSPS) is 15.9. The number of ether oxygens (including phenoxy) is 2. The molecule has 3 aromatic rings. The van der Waals surface area contributed by atoms with E-state index in [0.717, 1.165) is 11.1 Å². The molecule has 4 rings (SSSR count). The number of aromatic nitrogens is 1. The molecule has 0 bridgehead atoms. The predicted octanol–water partition coefficient (Wildman–Crippen LogP) is 3.46. The molecular formula is C24H21ClN2O4S. The summed E-state index contributed by atoms with van der Waals surface area (Å²) in [4.78, 5) is 31.4. The molecule has 1 aromatic heterocycles. The van der Waals surface area contributed by atoms with Gasteiger partial charge in [-0.1, -0.05) is 47.2 Å². The largest absolute Gasteiger partial charge is 0.497 e. The number of hydrogen-bond donors (Lipinski definition) is 0. The Labute approximate surface area is 193 Å². The van der Waals surface area contributed by atoms with Crippen molar-refractivity contribution in [3.63, 3.8) is 0 Å². The summed E-state index contributed by atoms with van der Waals surface area (Å²) in [5, 5.41) is 0.567. The molecule has 0 amide bonds. The first-order chi connectivity index (χ1) is 15.4. The van der Waals surface area contributed by atoms with Gasteiger partial charge in [0.25, 0.3) is 5.56 Å². The van der Waals surface area contributed by atoms with E-state index in [0.29, 0.717) is 31.4 Å². The maximum atomic E-state index is 13.5. The molecule has 1 aliphatic rings. The van der Waals surface area contributed by atoms with Crippen LogP contribution in [0.4, 0.5) is 0 Å². The summed E-state index contributed by atoms with van der Waals surface area (Å²) < 4.78 is 12.6. The minimum absolute atomic E-state index is 0.225. The first-order valence-corrected chi connectivity index (χ1v) is 11.2. The highest BCUT2D eigenvalue weighted by atomic mass is 35.5. The Morgan fingerprint density at radius 3 is 2.69 bits per heavy atom. The number of nitrogens with zero attached hydrogens (tertiary/aromatic N) is 2. The van der Waals surface area contributed by atoms with Crippen LogP contribution in [0.5, 0.6) is 5.75 Å². The Balaban J connectivity index is 1.94. The van der Waals surface area contributed by atoms with E-state index >= 15 is 0 Å². The Morgan fingerprint density at radius 1 is 1.25 bits per heavy atom. The Hall–Kier alpha value is -3.16. The van der Waals surface area contributed by atoms with Crippen molar-refractivity contribution in [1.82, 2.24) is 4.57 Å². The van der Waals surface area contributed by atoms with Crippen molar-refractivity contribution in [2.75, 3.05) is 13.7 Å². The second-order valence-electron chi connectivity index (χ2n) is 7.13. The van der Waals surface area contributed by atoms with Gasteiger partial charge >= 0.3 is 5.97 Å². The fourth-order valence-electron chi connectivity index (χ4n) is 3.63. The van der Waals surface area contributed by atoms with Gasteiger partial charge in [0.15, 0.2) is 4.80 Å². The van der Waals surface area contributed by atoms with E-state index in [1.54, 1.807) is 43.7 Å². The molecule has 1 atom stereocenters. The van der Waals surface area contributed by atoms with Crippen molar-refractivity contribution < 1.29 is 14.3 Å². The van der Waals surface area contributed by atoms with Crippen molar-refractivity contribution in [3.8, 4) is 5.75 Å². The van der Waals surface area contributed by atoms with Gasteiger partial charge in [-0.05, 0) is 55.3 Å². The number of allylic oxidation sites excluding steroid dienone is 1. The Kier molecular flexibility index (Phi) is 6.30. The van der Waals surface area contributed by atoms with E-state index in [9.17, 15) is 9.59 Å². The second-order valence-corrected chi connectivity index (χ2v) is 8.58. The first-order valence-electron chi connectivity index (χ1n) is 10.0. The van der Waals surface area contributed by atoms with Crippen LogP contribution in [0.3, 0.4) is 0 Å². The van der Waals surface area contributed by atoms with Crippen LogP contribution < -0.4 is 19.6 Å². The summed E-state index contributed by atoms with van der Waals surface area (Å²) in [5.41, 5.74) is 2.22. The van der Waals surface area contributed by atoms with Gasteiger partial charge < -0.3 is 9.47 Å².